The number of aromatic nitrogens is 1. The topological polar surface area (TPSA) is 62.3 Å². The first kappa shape index (κ1) is 21.0. The van der Waals surface area contributed by atoms with Crippen LogP contribution in [0.1, 0.15) is 44.7 Å². The molecule has 0 radical (unpaired) electrons. The zero-order valence-corrected chi connectivity index (χ0v) is 17.9. The highest BCUT2D eigenvalue weighted by Crippen LogP contribution is 2.24. The Bertz CT molecular complexity index is 851. The maximum Gasteiger partial charge on any atom is 0.240 e. The summed E-state index contributed by atoms with van der Waals surface area (Å²) in [6.45, 7) is 9.75. The minimum absolute atomic E-state index is 0.0134. The standard InChI is InChI=1S/C22H31N3O2S/c1-22(2,3)20-6-8-21(9-7-20)28(26,27)24-16-18-10-13-25(14-11-18)17-19-5-4-12-23-15-19/h4-9,12,15,18,24H,10-11,13-14,16-17H2,1-3H3. The van der Waals surface area contributed by atoms with Gasteiger partial charge in [-0.2, -0.15) is 0 Å². The second-order valence-electron chi connectivity index (χ2n) is 8.71. The first-order chi connectivity index (χ1) is 13.2. The average Bonchev–Trinajstić information content (AvgIpc) is 2.68. The third-order valence-electron chi connectivity index (χ3n) is 5.43. The summed E-state index contributed by atoms with van der Waals surface area (Å²) in [5.41, 5.74) is 2.37. The van der Waals surface area contributed by atoms with Crippen LogP contribution in [0, 0.1) is 5.92 Å². The lowest BCUT2D eigenvalue weighted by atomic mass is 9.87. The quantitative estimate of drug-likeness (QED) is 0.804. The van der Waals surface area contributed by atoms with Crippen molar-refractivity contribution < 1.29 is 8.42 Å². The van der Waals surface area contributed by atoms with E-state index in [1.807, 2.05) is 24.4 Å². The van der Waals surface area contributed by atoms with E-state index >= 15 is 0 Å². The van der Waals surface area contributed by atoms with Gasteiger partial charge in [0.1, 0.15) is 0 Å². The van der Waals surface area contributed by atoms with E-state index in [-0.39, 0.29) is 5.41 Å². The fraction of sp³-hybridized carbons (Fsp3) is 0.500. The van der Waals surface area contributed by atoms with Crippen LogP contribution in [-0.4, -0.2) is 37.9 Å². The van der Waals surface area contributed by atoms with Crippen LogP contribution in [0.4, 0.5) is 0 Å². The number of benzene rings is 1. The van der Waals surface area contributed by atoms with Crippen LogP contribution in [0.5, 0.6) is 0 Å². The monoisotopic (exact) mass is 401 g/mol. The van der Waals surface area contributed by atoms with E-state index in [4.69, 9.17) is 0 Å². The van der Waals surface area contributed by atoms with Gasteiger partial charge in [0, 0.05) is 25.5 Å². The summed E-state index contributed by atoms with van der Waals surface area (Å²) in [5, 5.41) is 0. The number of hydrogen-bond acceptors (Lipinski definition) is 4. The van der Waals surface area contributed by atoms with Crippen LogP contribution in [-0.2, 0) is 22.0 Å². The number of nitrogens with one attached hydrogen (secondary N) is 1. The molecule has 2 aromatic rings. The Labute approximate surface area is 169 Å². The van der Waals surface area contributed by atoms with E-state index in [9.17, 15) is 8.42 Å². The fourth-order valence-electron chi connectivity index (χ4n) is 3.54. The molecule has 28 heavy (non-hydrogen) atoms. The fourth-order valence-corrected chi connectivity index (χ4v) is 4.66. The van der Waals surface area contributed by atoms with E-state index in [0.717, 1.165) is 38.0 Å². The van der Waals surface area contributed by atoms with Crippen molar-refractivity contribution in [1.29, 1.82) is 0 Å². The van der Waals surface area contributed by atoms with E-state index in [1.165, 1.54) is 5.56 Å². The van der Waals surface area contributed by atoms with Gasteiger partial charge in [0.15, 0.2) is 0 Å². The van der Waals surface area contributed by atoms with Crippen molar-refractivity contribution in [1.82, 2.24) is 14.6 Å². The van der Waals surface area contributed by atoms with E-state index in [2.05, 4.69) is 41.4 Å². The molecule has 1 aromatic carbocycles. The van der Waals surface area contributed by atoms with Crippen molar-refractivity contribution in [3.8, 4) is 0 Å². The SMILES string of the molecule is CC(C)(C)c1ccc(S(=O)(=O)NCC2CCN(Cc3cccnc3)CC2)cc1. The molecule has 3 rings (SSSR count). The van der Waals surface area contributed by atoms with Gasteiger partial charge in [0.25, 0.3) is 0 Å². The number of pyridine rings is 1. The number of likely N-dealkylation sites (tertiary alicyclic amines) is 1. The van der Waals surface area contributed by atoms with Gasteiger partial charge >= 0.3 is 0 Å². The van der Waals surface area contributed by atoms with Crippen molar-refractivity contribution in [2.75, 3.05) is 19.6 Å². The van der Waals surface area contributed by atoms with Crippen LogP contribution >= 0.6 is 0 Å². The van der Waals surface area contributed by atoms with Crippen molar-refractivity contribution in [3.05, 3.63) is 59.9 Å². The maximum atomic E-state index is 12.6. The van der Waals surface area contributed by atoms with Crippen LogP contribution in [0.3, 0.4) is 0 Å². The molecule has 5 nitrogen and oxygen atoms in total. The Kier molecular flexibility index (Phi) is 6.53. The third-order valence-corrected chi connectivity index (χ3v) is 6.87. The minimum Gasteiger partial charge on any atom is -0.299 e. The van der Waals surface area contributed by atoms with Gasteiger partial charge in [-0.25, -0.2) is 13.1 Å². The molecule has 6 heteroatoms. The highest BCUT2D eigenvalue weighted by atomic mass is 32.2. The van der Waals surface area contributed by atoms with E-state index < -0.39 is 10.0 Å². The van der Waals surface area contributed by atoms with E-state index in [1.54, 1.807) is 18.3 Å². The lowest BCUT2D eigenvalue weighted by Gasteiger charge is -2.32. The normalized spacial score (nSPS) is 17.0. The Morgan fingerprint density at radius 2 is 1.79 bits per heavy atom. The molecule has 0 amide bonds. The van der Waals surface area contributed by atoms with Gasteiger partial charge in [-0.1, -0.05) is 39.0 Å². The molecule has 0 unspecified atom stereocenters. The van der Waals surface area contributed by atoms with Crippen LogP contribution in [0.25, 0.3) is 0 Å². The highest BCUT2D eigenvalue weighted by molar-refractivity contribution is 7.89. The lowest BCUT2D eigenvalue weighted by Crippen LogP contribution is -2.38. The smallest absolute Gasteiger partial charge is 0.240 e. The van der Waals surface area contributed by atoms with Gasteiger partial charge in [-0.15, -0.1) is 0 Å². The second-order valence-corrected chi connectivity index (χ2v) is 10.5. The number of rotatable bonds is 6. The molecule has 0 aliphatic carbocycles. The third kappa shape index (κ3) is 5.63. The summed E-state index contributed by atoms with van der Waals surface area (Å²) < 4.78 is 28.0. The molecule has 0 spiro atoms. The molecule has 2 heterocycles. The van der Waals surface area contributed by atoms with Gasteiger partial charge < -0.3 is 0 Å². The van der Waals surface area contributed by atoms with Crippen LogP contribution in [0.15, 0.2) is 53.7 Å². The summed E-state index contributed by atoms with van der Waals surface area (Å²) in [6.07, 6.45) is 5.71. The highest BCUT2D eigenvalue weighted by Gasteiger charge is 2.22. The molecular formula is C22H31N3O2S. The molecule has 152 valence electrons. The summed E-state index contributed by atoms with van der Waals surface area (Å²) in [5.74, 6) is 0.383. The van der Waals surface area contributed by atoms with Gasteiger partial charge in [-0.05, 0) is 66.6 Å². The predicted molar refractivity (Wildman–Crippen MR) is 113 cm³/mol. The zero-order chi connectivity index (χ0) is 20.2. The molecule has 1 aliphatic rings. The second kappa shape index (κ2) is 8.72. The van der Waals surface area contributed by atoms with Crippen LogP contribution < -0.4 is 4.72 Å². The Morgan fingerprint density at radius 1 is 1.11 bits per heavy atom. The maximum absolute atomic E-state index is 12.6. The molecular weight excluding hydrogens is 370 g/mol. The zero-order valence-electron chi connectivity index (χ0n) is 17.1. The first-order valence-corrected chi connectivity index (χ1v) is 11.4. The Hall–Kier alpha value is -1.76. The minimum atomic E-state index is -3.46. The summed E-state index contributed by atoms with van der Waals surface area (Å²) in [7, 11) is -3.46. The van der Waals surface area contributed by atoms with Gasteiger partial charge in [-0.3, -0.25) is 9.88 Å². The molecule has 1 fully saturated rings. The van der Waals surface area contributed by atoms with E-state index in [0.29, 0.717) is 17.4 Å². The van der Waals surface area contributed by atoms with Gasteiger partial charge in [0.2, 0.25) is 10.0 Å². The summed E-state index contributed by atoms with van der Waals surface area (Å²) in [6, 6.07) is 11.3. The number of hydrogen-bond donors (Lipinski definition) is 1. The molecule has 1 saturated heterocycles. The Morgan fingerprint density at radius 3 is 2.36 bits per heavy atom. The molecule has 1 aliphatic heterocycles. The lowest BCUT2D eigenvalue weighted by molar-refractivity contribution is 0.178. The number of nitrogens with zero attached hydrogens (tertiary/aromatic N) is 2. The largest absolute Gasteiger partial charge is 0.299 e. The molecule has 1 N–H and O–H groups in total. The van der Waals surface area contributed by atoms with Crippen LogP contribution in [0.2, 0.25) is 0 Å². The van der Waals surface area contributed by atoms with Crippen molar-refractivity contribution in [2.45, 2.75) is 50.5 Å². The van der Waals surface area contributed by atoms with Crippen molar-refractivity contribution in [3.63, 3.8) is 0 Å². The molecule has 0 saturated carbocycles. The molecule has 1 aromatic heterocycles. The van der Waals surface area contributed by atoms with Crippen molar-refractivity contribution in [2.24, 2.45) is 5.92 Å². The van der Waals surface area contributed by atoms with Crippen molar-refractivity contribution >= 4 is 10.0 Å². The molecule has 0 bridgehead atoms. The first-order valence-electron chi connectivity index (χ1n) is 9.95. The number of sulfonamides is 1. The Balaban J connectivity index is 1.49. The summed E-state index contributed by atoms with van der Waals surface area (Å²) in [4.78, 5) is 6.92. The summed E-state index contributed by atoms with van der Waals surface area (Å²) >= 11 is 0. The predicted octanol–water partition coefficient (Wildman–Crippen LogP) is 3.57. The van der Waals surface area contributed by atoms with Gasteiger partial charge in [0.05, 0.1) is 4.90 Å². The molecule has 0 atom stereocenters. The number of piperidine rings is 1. The average molecular weight is 402 g/mol.